The zero-order valence-corrected chi connectivity index (χ0v) is 16.9. The van der Waals surface area contributed by atoms with E-state index >= 15 is 0 Å². The number of alkyl halides is 3. The molecule has 10 heteroatoms. The number of pyridine rings is 1. The van der Waals surface area contributed by atoms with Gasteiger partial charge in [0.2, 0.25) is 11.7 Å². The maximum atomic E-state index is 12.8. The second-order valence-corrected chi connectivity index (χ2v) is 7.58. The third kappa shape index (κ3) is 4.57. The van der Waals surface area contributed by atoms with Gasteiger partial charge < -0.3 is 9.42 Å². The van der Waals surface area contributed by atoms with E-state index in [1.165, 1.54) is 0 Å². The fraction of sp³-hybridized carbons (Fsp3) is 0.350. The summed E-state index contributed by atoms with van der Waals surface area (Å²) in [7, 11) is 0. The molecule has 1 aliphatic heterocycles. The third-order valence-corrected chi connectivity index (χ3v) is 5.24. The van der Waals surface area contributed by atoms with Crippen molar-refractivity contribution in [3.63, 3.8) is 0 Å². The van der Waals surface area contributed by atoms with Crippen LogP contribution in [0, 0.1) is 6.92 Å². The molecule has 0 bridgehead atoms. The minimum Gasteiger partial charge on any atom is -0.353 e. The van der Waals surface area contributed by atoms with Gasteiger partial charge in [-0.15, -0.1) is 0 Å². The van der Waals surface area contributed by atoms with Gasteiger partial charge in [-0.1, -0.05) is 46.6 Å². The van der Waals surface area contributed by atoms with Gasteiger partial charge in [0.15, 0.2) is 0 Å². The summed E-state index contributed by atoms with van der Waals surface area (Å²) >= 11 is 6.05. The lowest BCUT2D eigenvalue weighted by molar-refractivity contribution is -0.137. The summed E-state index contributed by atoms with van der Waals surface area (Å²) in [5.74, 6) is 1.43. The molecule has 0 amide bonds. The summed E-state index contributed by atoms with van der Waals surface area (Å²) in [6, 6.07) is 8.80. The number of piperazine rings is 1. The van der Waals surface area contributed by atoms with Gasteiger partial charge in [-0.3, -0.25) is 4.90 Å². The van der Waals surface area contributed by atoms with E-state index in [0.717, 1.165) is 23.4 Å². The van der Waals surface area contributed by atoms with Gasteiger partial charge in [-0.05, 0) is 13.0 Å². The average Bonchev–Trinajstić information content (AvgIpc) is 3.17. The summed E-state index contributed by atoms with van der Waals surface area (Å²) in [5, 5.41) is 4.04. The highest BCUT2D eigenvalue weighted by Gasteiger charge is 2.32. The molecule has 0 aliphatic carbocycles. The smallest absolute Gasteiger partial charge is 0.353 e. The summed E-state index contributed by atoms with van der Waals surface area (Å²) in [4.78, 5) is 12.4. The zero-order chi connectivity index (χ0) is 21.3. The van der Waals surface area contributed by atoms with Gasteiger partial charge >= 0.3 is 6.18 Å². The first-order chi connectivity index (χ1) is 14.3. The van der Waals surface area contributed by atoms with E-state index in [2.05, 4.69) is 20.0 Å². The van der Waals surface area contributed by atoms with E-state index < -0.39 is 11.7 Å². The number of hydrogen-bond donors (Lipinski definition) is 0. The van der Waals surface area contributed by atoms with Gasteiger partial charge in [0.1, 0.15) is 5.82 Å². The van der Waals surface area contributed by atoms with Gasteiger partial charge in [-0.2, -0.15) is 18.2 Å². The van der Waals surface area contributed by atoms with E-state index in [0.29, 0.717) is 50.3 Å². The second-order valence-electron chi connectivity index (χ2n) is 7.17. The molecule has 6 nitrogen and oxygen atoms in total. The monoisotopic (exact) mass is 437 g/mol. The zero-order valence-electron chi connectivity index (χ0n) is 16.2. The molecule has 0 saturated carbocycles. The van der Waals surface area contributed by atoms with Crippen molar-refractivity contribution in [3.05, 3.63) is 58.6 Å². The molecular weight excluding hydrogens is 419 g/mol. The molecule has 4 rings (SSSR count). The van der Waals surface area contributed by atoms with Gasteiger partial charge in [0.25, 0.3) is 0 Å². The Morgan fingerprint density at radius 3 is 2.43 bits per heavy atom. The Labute approximate surface area is 176 Å². The van der Waals surface area contributed by atoms with Crippen molar-refractivity contribution < 1.29 is 17.7 Å². The molecule has 1 saturated heterocycles. The molecule has 1 fully saturated rings. The molecule has 3 aromatic rings. The number of rotatable bonds is 4. The predicted molar refractivity (Wildman–Crippen MR) is 106 cm³/mol. The van der Waals surface area contributed by atoms with Gasteiger partial charge in [-0.25, -0.2) is 4.98 Å². The molecule has 2 aromatic heterocycles. The number of aromatic nitrogens is 3. The second kappa shape index (κ2) is 8.23. The Morgan fingerprint density at radius 1 is 1.10 bits per heavy atom. The highest BCUT2D eigenvalue weighted by Crippen LogP contribution is 2.33. The molecule has 3 heterocycles. The van der Waals surface area contributed by atoms with E-state index in [4.69, 9.17) is 16.1 Å². The van der Waals surface area contributed by atoms with Crippen LogP contribution in [0.25, 0.3) is 11.4 Å². The molecule has 0 N–H and O–H groups in total. The Balaban J connectivity index is 1.36. The van der Waals surface area contributed by atoms with Crippen LogP contribution in [0.15, 0.2) is 41.1 Å². The number of hydrogen-bond acceptors (Lipinski definition) is 6. The molecular formula is C20H19ClF3N5O. The first-order valence-corrected chi connectivity index (χ1v) is 9.77. The van der Waals surface area contributed by atoms with E-state index in [9.17, 15) is 13.2 Å². The van der Waals surface area contributed by atoms with Crippen LogP contribution in [0.5, 0.6) is 0 Å². The molecule has 0 unspecified atom stereocenters. The van der Waals surface area contributed by atoms with E-state index in [1.807, 2.05) is 36.1 Å². The molecule has 0 radical (unpaired) electrons. The fourth-order valence-corrected chi connectivity index (χ4v) is 3.55. The molecule has 1 aromatic carbocycles. The lowest BCUT2D eigenvalue weighted by atomic mass is 10.1. The van der Waals surface area contributed by atoms with Crippen LogP contribution in [0.4, 0.5) is 19.0 Å². The van der Waals surface area contributed by atoms with Crippen LogP contribution >= 0.6 is 11.6 Å². The van der Waals surface area contributed by atoms with Crippen LogP contribution in [-0.2, 0) is 12.7 Å². The number of aryl methyl sites for hydroxylation is 1. The van der Waals surface area contributed by atoms with Gasteiger partial charge in [0, 0.05) is 37.9 Å². The van der Waals surface area contributed by atoms with Crippen molar-refractivity contribution in [2.45, 2.75) is 19.6 Å². The molecule has 0 spiro atoms. The summed E-state index contributed by atoms with van der Waals surface area (Å²) in [6.07, 6.45) is -3.64. The molecule has 30 heavy (non-hydrogen) atoms. The van der Waals surface area contributed by atoms with Crippen LogP contribution in [0.3, 0.4) is 0 Å². The summed E-state index contributed by atoms with van der Waals surface area (Å²) < 4.78 is 43.7. The van der Waals surface area contributed by atoms with Crippen molar-refractivity contribution >= 4 is 17.4 Å². The van der Waals surface area contributed by atoms with Crippen molar-refractivity contribution in [2.75, 3.05) is 31.1 Å². The predicted octanol–water partition coefficient (Wildman–Crippen LogP) is 4.43. The number of halogens is 4. The van der Waals surface area contributed by atoms with Crippen molar-refractivity contribution in [2.24, 2.45) is 0 Å². The summed E-state index contributed by atoms with van der Waals surface area (Å²) in [5.41, 5.74) is 1.20. The van der Waals surface area contributed by atoms with Crippen molar-refractivity contribution in [1.29, 1.82) is 0 Å². The van der Waals surface area contributed by atoms with Crippen LogP contribution in [0.2, 0.25) is 5.02 Å². The lowest BCUT2D eigenvalue weighted by Gasteiger charge is -2.35. The van der Waals surface area contributed by atoms with Crippen molar-refractivity contribution in [3.8, 4) is 11.4 Å². The van der Waals surface area contributed by atoms with Crippen LogP contribution < -0.4 is 4.90 Å². The highest BCUT2D eigenvalue weighted by atomic mass is 35.5. The fourth-order valence-electron chi connectivity index (χ4n) is 3.27. The van der Waals surface area contributed by atoms with Crippen LogP contribution in [0.1, 0.15) is 17.0 Å². The molecule has 1 aliphatic rings. The quantitative estimate of drug-likeness (QED) is 0.601. The Bertz CT molecular complexity index is 1010. The minimum atomic E-state index is -4.46. The normalized spacial score (nSPS) is 15.6. The lowest BCUT2D eigenvalue weighted by Crippen LogP contribution is -2.46. The van der Waals surface area contributed by atoms with Crippen LogP contribution in [-0.4, -0.2) is 46.2 Å². The highest BCUT2D eigenvalue weighted by molar-refractivity contribution is 6.33. The Morgan fingerprint density at radius 2 is 1.80 bits per heavy atom. The average molecular weight is 438 g/mol. The Hall–Kier alpha value is -2.65. The van der Waals surface area contributed by atoms with E-state index in [-0.39, 0.29) is 5.02 Å². The Kier molecular flexibility index (Phi) is 5.66. The minimum absolute atomic E-state index is 0.00193. The van der Waals surface area contributed by atoms with Gasteiger partial charge in [0.05, 0.1) is 17.1 Å². The number of benzene rings is 1. The number of anilines is 1. The first kappa shape index (κ1) is 20.6. The van der Waals surface area contributed by atoms with Crippen molar-refractivity contribution in [1.82, 2.24) is 20.0 Å². The third-order valence-electron chi connectivity index (χ3n) is 4.96. The SMILES string of the molecule is Cc1ccc(-c2noc(CN3CCN(c4ncc(C(F)(F)F)cc4Cl)CC3)n2)cc1. The van der Waals surface area contributed by atoms with E-state index in [1.54, 1.807) is 0 Å². The largest absolute Gasteiger partial charge is 0.417 e. The number of nitrogens with zero attached hydrogens (tertiary/aromatic N) is 5. The first-order valence-electron chi connectivity index (χ1n) is 9.39. The maximum Gasteiger partial charge on any atom is 0.417 e. The maximum absolute atomic E-state index is 12.8. The standard InChI is InChI=1S/C20H19ClF3N5O/c1-13-2-4-14(5-3-13)18-26-17(30-27-18)12-28-6-8-29(9-7-28)19-16(21)10-15(11-25-19)20(22,23)24/h2-5,10-11H,6-9,12H2,1H3. The molecule has 0 atom stereocenters. The topological polar surface area (TPSA) is 58.3 Å². The summed E-state index contributed by atoms with van der Waals surface area (Å²) in [6.45, 7) is 5.01. The molecule has 158 valence electrons.